The molecule has 110 valence electrons. The van der Waals surface area contributed by atoms with E-state index in [9.17, 15) is 0 Å². The van der Waals surface area contributed by atoms with Gasteiger partial charge in [-0.25, -0.2) is 0 Å². The van der Waals surface area contributed by atoms with Crippen LogP contribution in [0.2, 0.25) is 0 Å². The highest BCUT2D eigenvalue weighted by atomic mass is 127. The minimum absolute atomic E-state index is 0.371. The van der Waals surface area contributed by atoms with Gasteiger partial charge in [0.1, 0.15) is 0 Å². The van der Waals surface area contributed by atoms with E-state index in [0.29, 0.717) is 12.0 Å². The van der Waals surface area contributed by atoms with Gasteiger partial charge in [0.05, 0.1) is 0 Å². The molecule has 0 fully saturated rings. The summed E-state index contributed by atoms with van der Waals surface area (Å²) in [4.78, 5) is 4.68. The van der Waals surface area contributed by atoms with Crippen molar-refractivity contribution >= 4 is 22.6 Å². The first-order valence-electron chi connectivity index (χ1n) is 7.72. The van der Waals surface area contributed by atoms with Crippen molar-refractivity contribution in [2.45, 2.75) is 38.1 Å². The number of hydrogen-bond donors (Lipinski definition) is 1. The van der Waals surface area contributed by atoms with Crippen molar-refractivity contribution in [1.82, 2.24) is 10.3 Å². The number of aryl methyl sites for hydroxylation is 1. The van der Waals surface area contributed by atoms with Gasteiger partial charge in [0, 0.05) is 27.4 Å². The van der Waals surface area contributed by atoms with Gasteiger partial charge >= 0.3 is 0 Å². The molecule has 1 aliphatic rings. The molecule has 0 bridgehead atoms. The zero-order valence-electron chi connectivity index (χ0n) is 12.3. The van der Waals surface area contributed by atoms with Crippen LogP contribution in [-0.4, -0.2) is 11.5 Å². The van der Waals surface area contributed by atoms with Crippen LogP contribution in [0.4, 0.5) is 0 Å². The van der Waals surface area contributed by atoms with Crippen LogP contribution in [0.25, 0.3) is 0 Å². The first-order chi connectivity index (χ1) is 10.3. The summed E-state index contributed by atoms with van der Waals surface area (Å²) in [5, 5.41) is 3.75. The van der Waals surface area contributed by atoms with Crippen LogP contribution in [0.15, 0.2) is 42.6 Å². The molecule has 0 spiro atoms. The lowest BCUT2D eigenvalue weighted by Crippen LogP contribution is -2.27. The number of pyridine rings is 1. The van der Waals surface area contributed by atoms with E-state index in [1.54, 1.807) is 0 Å². The second-order valence-corrected chi connectivity index (χ2v) is 6.93. The van der Waals surface area contributed by atoms with Crippen LogP contribution in [0, 0.1) is 3.57 Å². The molecule has 0 radical (unpaired) electrons. The molecule has 2 aromatic rings. The summed E-state index contributed by atoms with van der Waals surface area (Å²) in [5.41, 5.74) is 4.11. The van der Waals surface area contributed by atoms with Crippen LogP contribution in [0.3, 0.4) is 0 Å². The van der Waals surface area contributed by atoms with Crippen molar-refractivity contribution in [2.75, 3.05) is 6.54 Å². The van der Waals surface area contributed by atoms with Crippen molar-refractivity contribution in [3.8, 4) is 0 Å². The SMILES string of the molecule is CCCNC(c1cccc(I)c1)C1CCc2cccnc21. The van der Waals surface area contributed by atoms with Gasteiger partial charge in [-0.2, -0.15) is 0 Å². The molecular formula is C18H21IN2. The summed E-state index contributed by atoms with van der Waals surface area (Å²) in [5.74, 6) is 0.492. The maximum Gasteiger partial charge on any atom is 0.0485 e. The van der Waals surface area contributed by atoms with E-state index in [-0.39, 0.29) is 0 Å². The Bertz CT molecular complexity index is 612. The van der Waals surface area contributed by atoms with Gasteiger partial charge in [-0.3, -0.25) is 4.98 Å². The van der Waals surface area contributed by atoms with Crippen molar-refractivity contribution in [1.29, 1.82) is 0 Å². The Morgan fingerprint density at radius 3 is 3.05 bits per heavy atom. The van der Waals surface area contributed by atoms with E-state index in [0.717, 1.165) is 19.4 Å². The molecule has 1 N–H and O–H groups in total. The third kappa shape index (κ3) is 3.29. The van der Waals surface area contributed by atoms with Crippen LogP contribution in [0.1, 0.15) is 48.5 Å². The van der Waals surface area contributed by atoms with Gasteiger partial charge in [-0.15, -0.1) is 0 Å². The quantitative estimate of drug-likeness (QED) is 0.761. The molecule has 1 heterocycles. The van der Waals surface area contributed by atoms with Crippen LogP contribution < -0.4 is 5.32 Å². The highest BCUT2D eigenvalue weighted by Gasteiger charge is 2.31. The first kappa shape index (κ1) is 15.0. The molecule has 1 aromatic heterocycles. The van der Waals surface area contributed by atoms with E-state index in [4.69, 9.17) is 0 Å². The summed E-state index contributed by atoms with van der Waals surface area (Å²) in [6.07, 6.45) is 5.44. The molecule has 3 heteroatoms. The zero-order chi connectivity index (χ0) is 14.7. The predicted octanol–water partition coefficient (Wildman–Crippen LogP) is 4.46. The monoisotopic (exact) mass is 392 g/mol. The summed E-state index contributed by atoms with van der Waals surface area (Å²) in [6.45, 7) is 3.27. The maximum absolute atomic E-state index is 4.68. The van der Waals surface area contributed by atoms with Gasteiger partial charge in [0.2, 0.25) is 0 Å². The van der Waals surface area contributed by atoms with E-state index in [1.807, 2.05) is 6.20 Å². The molecule has 2 unspecified atom stereocenters. The fourth-order valence-corrected chi connectivity index (χ4v) is 3.83. The van der Waals surface area contributed by atoms with E-state index >= 15 is 0 Å². The zero-order valence-corrected chi connectivity index (χ0v) is 14.5. The number of fused-ring (bicyclic) bond motifs is 1. The number of nitrogens with zero attached hydrogens (tertiary/aromatic N) is 1. The van der Waals surface area contributed by atoms with Gasteiger partial charge in [0.25, 0.3) is 0 Å². The first-order valence-corrected chi connectivity index (χ1v) is 8.80. The number of hydrogen-bond acceptors (Lipinski definition) is 2. The maximum atomic E-state index is 4.68. The summed E-state index contributed by atoms with van der Waals surface area (Å²) in [6, 6.07) is 13.5. The number of halogens is 1. The minimum atomic E-state index is 0.371. The van der Waals surface area contributed by atoms with Crippen molar-refractivity contribution in [3.63, 3.8) is 0 Å². The van der Waals surface area contributed by atoms with Crippen molar-refractivity contribution in [3.05, 3.63) is 63.0 Å². The normalized spacial score (nSPS) is 18.5. The molecule has 0 saturated heterocycles. The minimum Gasteiger partial charge on any atom is -0.309 e. The average molecular weight is 392 g/mol. The Hall–Kier alpha value is -0.940. The Balaban J connectivity index is 1.93. The topological polar surface area (TPSA) is 24.9 Å². The van der Waals surface area contributed by atoms with Gasteiger partial charge < -0.3 is 5.32 Å². The second kappa shape index (κ2) is 6.88. The number of benzene rings is 1. The molecular weight excluding hydrogens is 371 g/mol. The van der Waals surface area contributed by atoms with Crippen molar-refractivity contribution in [2.24, 2.45) is 0 Å². The molecule has 2 atom stereocenters. The van der Waals surface area contributed by atoms with Crippen LogP contribution >= 0.6 is 22.6 Å². The molecule has 0 saturated carbocycles. The lowest BCUT2D eigenvalue weighted by atomic mass is 9.90. The number of aromatic nitrogens is 1. The highest BCUT2D eigenvalue weighted by Crippen LogP contribution is 2.40. The van der Waals surface area contributed by atoms with Gasteiger partial charge in [-0.05, 0) is 77.7 Å². The van der Waals surface area contributed by atoms with Gasteiger partial charge in [0.15, 0.2) is 0 Å². The predicted molar refractivity (Wildman–Crippen MR) is 95.5 cm³/mol. The van der Waals surface area contributed by atoms with Crippen LogP contribution in [-0.2, 0) is 6.42 Å². The van der Waals surface area contributed by atoms with Crippen LogP contribution in [0.5, 0.6) is 0 Å². The molecule has 21 heavy (non-hydrogen) atoms. The molecule has 0 aliphatic heterocycles. The average Bonchev–Trinajstić information content (AvgIpc) is 2.92. The molecule has 3 rings (SSSR count). The Labute approximate surface area is 140 Å². The van der Waals surface area contributed by atoms with Gasteiger partial charge in [-0.1, -0.05) is 25.1 Å². The molecule has 0 amide bonds. The van der Waals surface area contributed by atoms with Crippen molar-refractivity contribution < 1.29 is 0 Å². The Morgan fingerprint density at radius 2 is 2.24 bits per heavy atom. The number of rotatable bonds is 5. The van der Waals surface area contributed by atoms with E-state index < -0.39 is 0 Å². The fourth-order valence-electron chi connectivity index (χ4n) is 3.26. The standard InChI is InChI=1S/C18H21IN2/c1-2-10-20-18(14-5-3-7-15(19)12-14)16-9-8-13-6-4-11-21-17(13)16/h3-7,11-12,16,18,20H,2,8-10H2,1H3. The molecule has 1 aromatic carbocycles. The molecule has 2 nitrogen and oxygen atoms in total. The summed E-state index contributed by atoms with van der Waals surface area (Å²) in [7, 11) is 0. The van der Waals surface area contributed by atoms with E-state index in [2.05, 4.69) is 76.2 Å². The summed E-state index contributed by atoms with van der Waals surface area (Å²) >= 11 is 2.40. The largest absolute Gasteiger partial charge is 0.309 e. The van der Waals surface area contributed by atoms with E-state index in [1.165, 1.54) is 26.8 Å². The Morgan fingerprint density at radius 1 is 1.33 bits per heavy atom. The fraction of sp³-hybridized carbons (Fsp3) is 0.389. The highest BCUT2D eigenvalue weighted by molar-refractivity contribution is 14.1. The lowest BCUT2D eigenvalue weighted by molar-refractivity contribution is 0.437. The number of nitrogens with one attached hydrogen (secondary N) is 1. The second-order valence-electron chi connectivity index (χ2n) is 5.68. The lowest BCUT2D eigenvalue weighted by Gasteiger charge is -2.26. The summed E-state index contributed by atoms with van der Waals surface area (Å²) < 4.78 is 1.30. The third-order valence-electron chi connectivity index (χ3n) is 4.23. The molecule has 1 aliphatic carbocycles. The third-order valence-corrected chi connectivity index (χ3v) is 4.90. The smallest absolute Gasteiger partial charge is 0.0485 e. The Kier molecular flexibility index (Phi) is 4.91.